The maximum Gasteiger partial charge on any atom is 0.187 e. The van der Waals surface area contributed by atoms with Crippen molar-refractivity contribution in [1.29, 1.82) is 0 Å². The maximum absolute atomic E-state index is 10.6. The molecule has 0 amide bonds. The maximum atomic E-state index is 10.6. The van der Waals surface area contributed by atoms with Crippen LogP contribution in [0.1, 0.15) is 9.75 Å². The highest BCUT2D eigenvalue weighted by Crippen LogP contribution is 2.22. The highest BCUT2D eigenvalue weighted by molar-refractivity contribution is 7.79. The lowest BCUT2D eigenvalue weighted by Crippen LogP contribution is -1.85. The number of rotatable bonds is 1. The second-order valence-electron chi connectivity index (χ2n) is 2.03. The fourth-order valence-electron chi connectivity index (χ4n) is 0.781. The summed E-state index contributed by atoms with van der Waals surface area (Å²) in [6.45, 7) is 3.77. The highest BCUT2D eigenvalue weighted by atomic mass is 32.2. The Bertz CT molecular complexity index is 265. The molecule has 0 aromatic carbocycles. The molecular weight excluding hydrogens is 168 g/mol. The molecule has 0 aliphatic carbocycles. The van der Waals surface area contributed by atoms with Crippen LogP contribution in [0.5, 0.6) is 0 Å². The average molecular weight is 176 g/mol. The molecule has 0 saturated heterocycles. The third kappa shape index (κ3) is 1.45. The van der Waals surface area contributed by atoms with Gasteiger partial charge >= 0.3 is 0 Å². The molecule has 1 aromatic rings. The van der Waals surface area contributed by atoms with Crippen LogP contribution in [0, 0.1) is 13.8 Å². The van der Waals surface area contributed by atoms with E-state index in [2.05, 4.69) is 0 Å². The monoisotopic (exact) mass is 176 g/mol. The van der Waals surface area contributed by atoms with Gasteiger partial charge in [0.2, 0.25) is 0 Å². The van der Waals surface area contributed by atoms with Crippen molar-refractivity contribution in [2.24, 2.45) is 0 Å². The van der Waals surface area contributed by atoms with Gasteiger partial charge in [-0.1, -0.05) is 0 Å². The summed E-state index contributed by atoms with van der Waals surface area (Å²) < 4.78 is 19.2. The zero-order valence-electron chi connectivity index (χ0n) is 5.75. The summed E-state index contributed by atoms with van der Waals surface area (Å²) in [4.78, 5) is 2.55. The van der Waals surface area contributed by atoms with Crippen LogP contribution in [0.25, 0.3) is 0 Å². The van der Waals surface area contributed by atoms with Crippen molar-refractivity contribution in [1.82, 2.24) is 0 Å². The molecule has 1 heterocycles. The number of aryl methyl sites for hydroxylation is 2. The molecule has 0 aliphatic rings. The van der Waals surface area contributed by atoms with Crippen molar-refractivity contribution in [3.05, 3.63) is 15.8 Å². The second kappa shape index (κ2) is 2.82. The average Bonchev–Trinajstić information content (AvgIpc) is 2.10. The predicted molar refractivity (Wildman–Crippen MR) is 42.8 cm³/mol. The van der Waals surface area contributed by atoms with E-state index >= 15 is 0 Å². The van der Waals surface area contributed by atoms with E-state index in [1.165, 1.54) is 0 Å². The molecule has 0 fully saturated rings. The lowest BCUT2D eigenvalue weighted by Gasteiger charge is -1.87. The van der Waals surface area contributed by atoms with Gasteiger partial charge in [-0.25, -0.2) is 4.21 Å². The Morgan fingerprint density at radius 3 is 2.40 bits per heavy atom. The molecule has 0 aliphatic heterocycles. The minimum atomic E-state index is -1.81. The van der Waals surface area contributed by atoms with Gasteiger partial charge in [-0.2, -0.15) is 0 Å². The van der Waals surface area contributed by atoms with Gasteiger partial charge in [0.05, 0.1) is 4.90 Å². The molecule has 0 bridgehead atoms. The van der Waals surface area contributed by atoms with E-state index in [1.54, 1.807) is 17.4 Å². The normalized spacial score (nSPS) is 13.5. The molecule has 1 atom stereocenters. The zero-order valence-corrected chi connectivity index (χ0v) is 7.38. The van der Waals surface area contributed by atoms with Gasteiger partial charge in [0.1, 0.15) is 0 Å². The Hall–Kier alpha value is -0.190. The third-order valence-corrected chi connectivity index (χ3v) is 3.08. The van der Waals surface area contributed by atoms with E-state index < -0.39 is 11.1 Å². The summed E-state index contributed by atoms with van der Waals surface area (Å²) in [5.41, 5.74) is 0. The summed E-state index contributed by atoms with van der Waals surface area (Å²) in [6.07, 6.45) is 0. The van der Waals surface area contributed by atoms with Gasteiger partial charge in [0.15, 0.2) is 11.1 Å². The van der Waals surface area contributed by atoms with Crippen LogP contribution in [0.3, 0.4) is 0 Å². The molecule has 56 valence electrons. The Balaban J connectivity index is 3.15. The summed E-state index contributed by atoms with van der Waals surface area (Å²) in [6, 6.07) is 1.75. The van der Waals surface area contributed by atoms with Crippen LogP contribution in [-0.2, 0) is 11.1 Å². The van der Waals surface area contributed by atoms with Crippen molar-refractivity contribution in [3.8, 4) is 0 Å². The van der Waals surface area contributed by atoms with Gasteiger partial charge in [0, 0.05) is 9.75 Å². The molecule has 10 heavy (non-hydrogen) atoms. The van der Waals surface area contributed by atoms with Crippen molar-refractivity contribution in [3.63, 3.8) is 0 Å². The van der Waals surface area contributed by atoms with Crippen LogP contribution in [0.15, 0.2) is 11.0 Å². The highest BCUT2D eigenvalue weighted by Gasteiger charge is 2.06. The van der Waals surface area contributed by atoms with Crippen molar-refractivity contribution in [2.45, 2.75) is 18.7 Å². The molecule has 1 aromatic heterocycles. The molecule has 0 saturated carbocycles. The lowest BCUT2D eigenvalue weighted by molar-refractivity contribution is 0.564. The molecule has 2 nitrogen and oxygen atoms in total. The van der Waals surface area contributed by atoms with Gasteiger partial charge in [-0.15, -0.1) is 11.3 Å². The van der Waals surface area contributed by atoms with Crippen LogP contribution >= 0.6 is 11.3 Å². The molecular formula is C6H8O2S2. The Labute approximate surface area is 66.2 Å². The van der Waals surface area contributed by atoms with Crippen LogP contribution < -0.4 is 0 Å². The smallest absolute Gasteiger partial charge is 0.187 e. The predicted octanol–water partition coefficient (Wildman–Crippen LogP) is 1.95. The van der Waals surface area contributed by atoms with Crippen molar-refractivity contribution in [2.75, 3.05) is 0 Å². The van der Waals surface area contributed by atoms with E-state index in [9.17, 15) is 4.21 Å². The molecule has 1 N–H and O–H groups in total. The number of hydrogen-bond acceptors (Lipinski definition) is 2. The minimum Gasteiger partial charge on any atom is -0.302 e. The molecule has 1 rings (SSSR count). The molecule has 1 unspecified atom stereocenters. The van der Waals surface area contributed by atoms with Gasteiger partial charge in [0.25, 0.3) is 0 Å². The molecule has 0 spiro atoms. The van der Waals surface area contributed by atoms with E-state index in [-0.39, 0.29) is 0 Å². The SMILES string of the molecule is Cc1cc(S(=O)O)c(C)s1. The van der Waals surface area contributed by atoms with E-state index in [0.717, 1.165) is 9.75 Å². The first-order chi connectivity index (χ1) is 4.61. The van der Waals surface area contributed by atoms with Crippen LogP contribution in [0.2, 0.25) is 0 Å². The Morgan fingerprint density at radius 2 is 2.20 bits per heavy atom. The Kier molecular flexibility index (Phi) is 2.23. The van der Waals surface area contributed by atoms with E-state index in [0.29, 0.717) is 4.90 Å². The van der Waals surface area contributed by atoms with Crippen molar-refractivity contribution < 1.29 is 8.76 Å². The van der Waals surface area contributed by atoms with Gasteiger partial charge < -0.3 is 4.55 Å². The standard InChI is InChI=1S/C6H8O2S2/c1-4-3-6(10(7)8)5(2)9-4/h3H,1-2H3,(H,7,8). The fourth-order valence-corrected chi connectivity index (χ4v) is 2.54. The first-order valence-electron chi connectivity index (χ1n) is 2.79. The second-order valence-corrected chi connectivity index (χ2v) is 4.43. The van der Waals surface area contributed by atoms with Crippen molar-refractivity contribution >= 4 is 22.4 Å². The summed E-state index contributed by atoms with van der Waals surface area (Å²) >= 11 is -0.265. The van der Waals surface area contributed by atoms with Gasteiger partial charge in [-0.05, 0) is 19.9 Å². The summed E-state index contributed by atoms with van der Waals surface area (Å²) in [5, 5.41) is 0. The summed E-state index contributed by atoms with van der Waals surface area (Å²) in [7, 11) is 0. The topological polar surface area (TPSA) is 37.3 Å². The summed E-state index contributed by atoms with van der Waals surface area (Å²) in [5.74, 6) is 0. The first-order valence-corrected chi connectivity index (χ1v) is 4.71. The number of hydrogen-bond donors (Lipinski definition) is 1. The number of thiophene rings is 1. The Morgan fingerprint density at radius 1 is 1.60 bits per heavy atom. The van der Waals surface area contributed by atoms with Crippen LogP contribution in [-0.4, -0.2) is 8.76 Å². The quantitative estimate of drug-likeness (QED) is 0.664. The fraction of sp³-hybridized carbons (Fsp3) is 0.333. The largest absolute Gasteiger partial charge is 0.302 e. The molecule has 4 heteroatoms. The first kappa shape index (κ1) is 7.91. The third-order valence-electron chi connectivity index (χ3n) is 1.18. The van der Waals surface area contributed by atoms with Gasteiger partial charge in [-0.3, -0.25) is 0 Å². The van der Waals surface area contributed by atoms with E-state index in [4.69, 9.17) is 4.55 Å². The van der Waals surface area contributed by atoms with E-state index in [1.807, 2.05) is 13.8 Å². The molecule has 0 radical (unpaired) electrons. The minimum absolute atomic E-state index is 0.544. The lowest BCUT2D eigenvalue weighted by atomic mass is 10.4. The zero-order chi connectivity index (χ0) is 7.72. The van der Waals surface area contributed by atoms with Crippen LogP contribution in [0.4, 0.5) is 0 Å².